The second-order valence-electron chi connectivity index (χ2n) is 3.72. The lowest BCUT2D eigenvalue weighted by atomic mass is 9.76. The van der Waals surface area contributed by atoms with Crippen LogP contribution >= 0.6 is 0 Å². The van der Waals surface area contributed by atoms with Crippen molar-refractivity contribution in [2.45, 2.75) is 26.7 Å². The van der Waals surface area contributed by atoms with Crippen LogP contribution in [0.15, 0.2) is 12.2 Å². The smallest absolute Gasteiger partial charge is 0.194 e. The Morgan fingerprint density at radius 2 is 2.00 bits per heavy atom. The van der Waals surface area contributed by atoms with Crippen molar-refractivity contribution in [3.63, 3.8) is 0 Å². The van der Waals surface area contributed by atoms with Gasteiger partial charge >= 0.3 is 0 Å². The number of nitrogens with zero attached hydrogens (tertiary/aromatic N) is 1. The molecule has 0 aromatic carbocycles. The Bertz CT molecular complexity index is 334. The number of hydrogen-bond donors (Lipinski definition) is 1. The number of nitrogens with one attached hydrogen (secondary N) is 1. The maximum atomic E-state index is 11.5. The van der Waals surface area contributed by atoms with Crippen molar-refractivity contribution in [3.8, 4) is 6.07 Å². The highest BCUT2D eigenvalue weighted by atomic mass is 16.1. The van der Waals surface area contributed by atoms with E-state index in [1.165, 1.54) is 6.92 Å². The van der Waals surface area contributed by atoms with Gasteiger partial charge in [0.05, 0.1) is 12.3 Å². The molecule has 80 valence electrons. The molecule has 0 saturated carbocycles. The van der Waals surface area contributed by atoms with Gasteiger partial charge in [0.2, 0.25) is 0 Å². The van der Waals surface area contributed by atoms with E-state index in [1.54, 1.807) is 6.92 Å². The number of carbonyl (C=O) groups excluding carboxylic acids is 2. The summed E-state index contributed by atoms with van der Waals surface area (Å²) in [6.45, 7) is 6.63. The number of carbonyl (C=O) groups is 2. The van der Waals surface area contributed by atoms with Gasteiger partial charge in [0.15, 0.2) is 5.78 Å². The van der Waals surface area contributed by atoms with Crippen LogP contribution in [0.25, 0.3) is 0 Å². The number of nitriles is 1. The van der Waals surface area contributed by atoms with Crippen LogP contribution in [0.2, 0.25) is 0 Å². The number of ketones is 2. The summed E-state index contributed by atoms with van der Waals surface area (Å²) < 4.78 is 0. The molecule has 0 fully saturated rings. The predicted octanol–water partition coefficient (Wildman–Crippen LogP) is 1.66. The lowest BCUT2D eigenvalue weighted by molar-refractivity contribution is -0.125. The lowest BCUT2D eigenvalue weighted by Crippen LogP contribution is -2.32. The van der Waals surface area contributed by atoms with Crippen LogP contribution in [0.3, 0.4) is 0 Å². The molecule has 4 nitrogen and oxygen atoms in total. The molecule has 0 aliphatic heterocycles. The van der Waals surface area contributed by atoms with Gasteiger partial charge in [0.1, 0.15) is 11.2 Å². The Hall–Kier alpha value is -1.76. The number of Topliss-reactive ketones (excluding diaryl/α,β-unsaturated/α-hetero) is 2. The Morgan fingerprint density at radius 1 is 1.47 bits per heavy atom. The van der Waals surface area contributed by atoms with Gasteiger partial charge in [-0.05, 0) is 20.3 Å². The van der Waals surface area contributed by atoms with Crippen LogP contribution in [0, 0.1) is 22.2 Å². The average molecular weight is 206 g/mol. The first-order valence-corrected chi connectivity index (χ1v) is 4.48. The standard InChI is InChI=1S/C11H14N2O2/c1-8(2)4-11(7-13,5-9(3)14)10(15)6-12/h6,12H,1,4-5H2,2-3H3/t11-/m0/s1. The van der Waals surface area contributed by atoms with E-state index >= 15 is 0 Å². The quantitative estimate of drug-likeness (QED) is 0.530. The van der Waals surface area contributed by atoms with Crippen LogP contribution in [0.4, 0.5) is 0 Å². The van der Waals surface area contributed by atoms with Gasteiger partial charge in [0, 0.05) is 6.42 Å². The molecule has 15 heavy (non-hydrogen) atoms. The molecule has 0 bridgehead atoms. The maximum absolute atomic E-state index is 11.5. The van der Waals surface area contributed by atoms with Gasteiger partial charge in [-0.15, -0.1) is 6.58 Å². The second-order valence-corrected chi connectivity index (χ2v) is 3.72. The molecule has 0 heterocycles. The monoisotopic (exact) mass is 206 g/mol. The van der Waals surface area contributed by atoms with E-state index in [-0.39, 0.29) is 18.6 Å². The summed E-state index contributed by atoms with van der Waals surface area (Å²) in [6, 6.07) is 1.85. The molecule has 0 aliphatic rings. The summed E-state index contributed by atoms with van der Waals surface area (Å²) in [6.07, 6.45) is 0.553. The van der Waals surface area contributed by atoms with Gasteiger partial charge in [-0.3, -0.25) is 9.59 Å². The third-order valence-electron chi connectivity index (χ3n) is 1.97. The highest BCUT2D eigenvalue weighted by Crippen LogP contribution is 2.30. The molecule has 0 unspecified atom stereocenters. The zero-order chi connectivity index (χ0) is 12.1. The van der Waals surface area contributed by atoms with Crippen molar-refractivity contribution in [2.24, 2.45) is 5.41 Å². The molecule has 0 aromatic rings. The number of allylic oxidation sites excluding steroid dienone is 1. The predicted molar refractivity (Wildman–Crippen MR) is 56.6 cm³/mol. The van der Waals surface area contributed by atoms with E-state index in [0.29, 0.717) is 11.8 Å². The molecule has 0 spiro atoms. The van der Waals surface area contributed by atoms with Crippen LogP contribution in [-0.2, 0) is 9.59 Å². The van der Waals surface area contributed by atoms with Crippen LogP contribution in [0.1, 0.15) is 26.7 Å². The first kappa shape index (κ1) is 13.2. The highest BCUT2D eigenvalue weighted by Gasteiger charge is 2.38. The number of rotatable bonds is 6. The molecule has 0 saturated heterocycles. The molecule has 1 atom stereocenters. The van der Waals surface area contributed by atoms with Crippen LogP contribution < -0.4 is 0 Å². The zero-order valence-electron chi connectivity index (χ0n) is 8.96. The first-order valence-electron chi connectivity index (χ1n) is 4.48. The first-order chi connectivity index (χ1) is 6.88. The minimum Gasteiger partial charge on any atom is -0.305 e. The number of hydrogen-bond acceptors (Lipinski definition) is 4. The van der Waals surface area contributed by atoms with Gasteiger partial charge in [0.25, 0.3) is 0 Å². The molecule has 4 heteroatoms. The zero-order valence-corrected chi connectivity index (χ0v) is 8.96. The van der Waals surface area contributed by atoms with Gasteiger partial charge < -0.3 is 5.41 Å². The van der Waals surface area contributed by atoms with Crippen molar-refractivity contribution in [2.75, 3.05) is 0 Å². The Balaban J connectivity index is 5.20. The third kappa shape index (κ3) is 3.47. The van der Waals surface area contributed by atoms with Crippen molar-refractivity contribution >= 4 is 17.8 Å². The molecular formula is C11H14N2O2. The summed E-state index contributed by atoms with van der Waals surface area (Å²) in [5, 5.41) is 15.9. The Kier molecular flexibility index (Phi) is 4.59. The summed E-state index contributed by atoms with van der Waals surface area (Å²) in [5.41, 5.74) is -0.785. The maximum Gasteiger partial charge on any atom is 0.194 e. The molecule has 0 rings (SSSR count). The van der Waals surface area contributed by atoms with Crippen molar-refractivity contribution < 1.29 is 9.59 Å². The van der Waals surface area contributed by atoms with Crippen molar-refractivity contribution in [1.82, 2.24) is 0 Å². The minimum atomic E-state index is -1.43. The van der Waals surface area contributed by atoms with Gasteiger partial charge in [-0.25, -0.2) is 0 Å². The molecular weight excluding hydrogens is 192 g/mol. The fourth-order valence-electron chi connectivity index (χ4n) is 1.45. The Labute approximate surface area is 89.1 Å². The van der Waals surface area contributed by atoms with E-state index in [2.05, 4.69) is 6.58 Å². The van der Waals surface area contributed by atoms with E-state index in [9.17, 15) is 9.59 Å². The summed E-state index contributed by atoms with van der Waals surface area (Å²) in [5.74, 6) is -0.879. The van der Waals surface area contributed by atoms with E-state index in [1.807, 2.05) is 6.07 Å². The van der Waals surface area contributed by atoms with Crippen molar-refractivity contribution in [3.05, 3.63) is 12.2 Å². The second kappa shape index (κ2) is 5.20. The van der Waals surface area contributed by atoms with E-state index < -0.39 is 11.2 Å². The molecule has 0 amide bonds. The average Bonchev–Trinajstić information content (AvgIpc) is 2.13. The fraction of sp³-hybridized carbons (Fsp3) is 0.455. The van der Waals surface area contributed by atoms with E-state index in [4.69, 9.17) is 10.7 Å². The third-order valence-corrected chi connectivity index (χ3v) is 1.97. The molecule has 0 aromatic heterocycles. The SMILES string of the molecule is C=C(C)C[C@@](C#N)(CC(C)=O)C(=O)C=N. The Morgan fingerprint density at radius 3 is 2.27 bits per heavy atom. The summed E-state index contributed by atoms with van der Waals surface area (Å²) in [7, 11) is 0. The molecule has 0 radical (unpaired) electrons. The molecule has 0 aliphatic carbocycles. The van der Waals surface area contributed by atoms with Crippen LogP contribution in [-0.4, -0.2) is 17.8 Å². The molecule has 1 N–H and O–H groups in total. The normalized spacial score (nSPS) is 13.4. The fourth-order valence-corrected chi connectivity index (χ4v) is 1.45. The van der Waals surface area contributed by atoms with E-state index in [0.717, 1.165) is 0 Å². The topological polar surface area (TPSA) is 81.8 Å². The summed E-state index contributed by atoms with van der Waals surface area (Å²) in [4.78, 5) is 22.5. The summed E-state index contributed by atoms with van der Waals surface area (Å²) >= 11 is 0. The van der Waals surface area contributed by atoms with Gasteiger partial charge in [-0.1, -0.05) is 5.57 Å². The lowest BCUT2D eigenvalue weighted by Gasteiger charge is -2.21. The highest BCUT2D eigenvalue weighted by molar-refractivity contribution is 6.30. The largest absolute Gasteiger partial charge is 0.305 e. The minimum absolute atomic E-state index is 0.122. The van der Waals surface area contributed by atoms with Crippen LogP contribution in [0.5, 0.6) is 0 Å². The van der Waals surface area contributed by atoms with Gasteiger partial charge in [-0.2, -0.15) is 5.26 Å². The van der Waals surface area contributed by atoms with Crippen molar-refractivity contribution in [1.29, 1.82) is 10.7 Å².